The standard InChI is InChI=1S/C10H9IN2O5/c11-6-1-5(3-12-4-6)9(16)13-7(10(17)18)2-8(14)15/h1,3-4,7H,2H2,(H,13,16)(H,14,15)(H,17,18)/t7-/m0/s1. The van der Waals surface area contributed by atoms with Crippen molar-refractivity contribution < 1.29 is 24.6 Å². The zero-order valence-corrected chi connectivity index (χ0v) is 11.1. The van der Waals surface area contributed by atoms with Crippen molar-refractivity contribution in [2.45, 2.75) is 12.5 Å². The Balaban J connectivity index is 2.78. The number of hydrogen-bond acceptors (Lipinski definition) is 4. The fraction of sp³-hybridized carbons (Fsp3) is 0.200. The van der Waals surface area contributed by atoms with Gasteiger partial charge in [-0.1, -0.05) is 0 Å². The second-order valence-electron chi connectivity index (χ2n) is 3.35. The Hall–Kier alpha value is -1.71. The van der Waals surface area contributed by atoms with E-state index in [-0.39, 0.29) is 5.56 Å². The number of carbonyl (C=O) groups excluding carboxylic acids is 1. The molecule has 0 radical (unpaired) electrons. The SMILES string of the molecule is O=C(O)C[C@H](NC(=O)c1cncc(I)c1)C(=O)O. The van der Waals surface area contributed by atoms with Crippen LogP contribution in [0.15, 0.2) is 18.5 Å². The van der Waals surface area contributed by atoms with Crippen molar-refractivity contribution in [2.24, 2.45) is 0 Å². The molecule has 0 saturated carbocycles. The zero-order chi connectivity index (χ0) is 13.7. The van der Waals surface area contributed by atoms with Gasteiger partial charge in [-0.05, 0) is 28.7 Å². The summed E-state index contributed by atoms with van der Waals surface area (Å²) in [6, 6.07) is 0.0515. The third kappa shape index (κ3) is 4.28. The van der Waals surface area contributed by atoms with Gasteiger partial charge in [0, 0.05) is 16.0 Å². The second kappa shape index (κ2) is 6.28. The number of nitrogens with zero attached hydrogens (tertiary/aromatic N) is 1. The molecular weight excluding hydrogens is 355 g/mol. The number of aromatic nitrogens is 1. The maximum Gasteiger partial charge on any atom is 0.326 e. The molecule has 0 spiro atoms. The lowest BCUT2D eigenvalue weighted by Crippen LogP contribution is -2.42. The molecule has 8 heteroatoms. The Morgan fingerprint density at radius 1 is 1.33 bits per heavy atom. The number of pyridine rings is 1. The number of carbonyl (C=O) groups is 3. The quantitative estimate of drug-likeness (QED) is 0.649. The smallest absolute Gasteiger partial charge is 0.326 e. The lowest BCUT2D eigenvalue weighted by molar-refractivity contribution is -0.145. The van der Waals surface area contributed by atoms with Crippen LogP contribution in [0.2, 0.25) is 0 Å². The highest BCUT2D eigenvalue weighted by Crippen LogP contribution is 2.06. The van der Waals surface area contributed by atoms with Crippen molar-refractivity contribution in [3.8, 4) is 0 Å². The molecule has 7 nitrogen and oxygen atoms in total. The number of halogens is 1. The molecule has 0 aromatic carbocycles. The molecule has 3 N–H and O–H groups in total. The molecule has 0 fully saturated rings. The lowest BCUT2D eigenvalue weighted by Gasteiger charge is -2.12. The van der Waals surface area contributed by atoms with E-state index in [1.165, 1.54) is 18.5 Å². The average molecular weight is 364 g/mol. The molecule has 0 aliphatic rings. The summed E-state index contributed by atoms with van der Waals surface area (Å²) >= 11 is 1.95. The summed E-state index contributed by atoms with van der Waals surface area (Å²) in [4.78, 5) is 36.7. The molecular formula is C10H9IN2O5. The molecule has 18 heavy (non-hydrogen) atoms. The van der Waals surface area contributed by atoms with Crippen LogP contribution in [-0.2, 0) is 9.59 Å². The van der Waals surface area contributed by atoms with E-state index in [9.17, 15) is 14.4 Å². The van der Waals surface area contributed by atoms with Gasteiger partial charge in [0.25, 0.3) is 5.91 Å². The van der Waals surface area contributed by atoms with Crippen molar-refractivity contribution in [3.63, 3.8) is 0 Å². The van der Waals surface area contributed by atoms with Gasteiger partial charge < -0.3 is 15.5 Å². The van der Waals surface area contributed by atoms with Gasteiger partial charge in [-0.2, -0.15) is 0 Å². The Kier molecular flexibility index (Phi) is 5.01. The normalized spacial score (nSPS) is 11.6. The Morgan fingerprint density at radius 2 is 2.00 bits per heavy atom. The molecule has 0 saturated heterocycles. The summed E-state index contributed by atoms with van der Waals surface area (Å²) in [7, 11) is 0. The van der Waals surface area contributed by atoms with Gasteiger partial charge in [0.15, 0.2) is 0 Å². The van der Waals surface area contributed by atoms with Gasteiger partial charge >= 0.3 is 11.9 Å². The Morgan fingerprint density at radius 3 is 2.50 bits per heavy atom. The molecule has 0 bridgehead atoms. The largest absolute Gasteiger partial charge is 0.481 e. The predicted molar refractivity (Wildman–Crippen MR) is 68.1 cm³/mol. The van der Waals surface area contributed by atoms with Crippen molar-refractivity contribution in [1.29, 1.82) is 0 Å². The predicted octanol–water partition coefficient (Wildman–Crippen LogP) is 0.344. The van der Waals surface area contributed by atoms with E-state index in [2.05, 4.69) is 10.3 Å². The first-order valence-corrected chi connectivity index (χ1v) is 5.84. The summed E-state index contributed by atoms with van der Waals surface area (Å²) in [6.07, 6.45) is 2.12. The first-order chi connectivity index (χ1) is 8.40. The van der Waals surface area contributed by atoms with Crippen LogP contribution in [0.25, 0.3) is 0 Å². The van der Waals surface area contributed by atoms with Crippen molar-refractivity contribution in [1.82, 2.24) is 10.3 Å². The molecule has 1 rings (SSSR count). The molecule has 1 amide bonds. The Bertz CT molecular complexity index is 491. The number of rotatable bonds is 5. The fourth-order valence-electron chi connectivity index (χ4n) is 1.15. The van der Waals surface area contributed by atoms with Crippen LogP contribution in [0, 0.1) is 3.57 Å². The molecule has 0 aliphatic carbocycles. The van der Waals surface area contributed by atoms with E-state index in [0.29, 0.717) is 3.57 Å². The molecule has 0 unspecified atom stereocenters. The van der Waals surface area contributed by atoms with Crippen molar-refractivity contribution in [3.05, 3.63) is 27.6 Å². The van der Waals surface area contributed by atoms with Crippen LogP contribution < -0.4 is 5.32 Å². The van der Waals surface area contributed by atoms with Crippen molar-refractivity contribution >= 4 is 40.4 Å². The third-order valence-electron chi connectivity index (χ3n) is 1.95. The molecule has 0 aliphatic heterocycles. The minimum absolute atomic E-state index is 0.179. The number of carboxylic acids is 2. The van der Waals surface area contributed by atoms with Gasteiger partial charge in [0.2, 0.25) is 0 Å². The summed E-state index contributed by atoms with van der Waals surface area (Å²) in [5.41, 5.74) is 0.179. The van der Waals surface area contributed by atoms with E-state index in [1.54, 1.807) is 0 Å². The summed E-state index contributed by atoms with van der Waals surface area (Å²) in [5.74, 6) is -3.37. The summed E-state index contributed by atoms with van der Waals surface area (Å²) < 4.78 is 0.713. The van der Waals surface area contributed by atoms with Crippen LogP contribution in [0.5, 0.6) is 0 Å². The van der Waals surface area contributed by atoms with Gasteiger partial charge in [-0.25, -0.2) is 4.79 Å². The van der Waals surface area contributed by atoms with Crippen LogP contribution in [0.1, 0.15) is 16.8 Å². The number of nitrogens with one attached hydrogen (secondary N) is 1. The van der Waals surface area contributed by atoms with Gasteiger partial charge in [-0.3, -0.25) is 14.6 Å². The van der Waals surface area contributed by atoms with Gasteiger partial charge in [0.1, 0.15) is 6.04 Å². The maximum absolute atomic E-state index is 11.7. The molecule has 1 aromatic heterocycles. The highest BCUT2D eigenvalue weighted by Gasteiger charge is 2.23. The zero-order valence-electron chi connectivity index (χ0n) is 8.96. The van der Waals surface area contributed by atoms with Crippen LogP contribution in [-0.4, -0.2) is 39.1 Å². The molecule has 1 heterocycles. The van der Waals surface area contributed by atoms with E-state index < -0.39 is 30.3 Å². The van der Waals surface area contributed by atoms with Crippen LogP contribution in [0.4, 0.5) is 0 Å². The average Bonchev–Trinajstić information content (AvgIpc) is 2.27. The highest BCUT2D eigenvalue weighted by atomic mass is 127. The monoisotopic (exact) mass is 364 g/mol. The van der Waals surface area contributed by atoms with E-state index in [0.717, 1.165) is 0 Å². The minimum atomic E-state index is -1.46. The van der Waals surface area contributed by atoms with Crippen molar-refractivity contribution in [2.75, 3.05) is 0 Å². The maximum atomic E-state index is 11.7. The molecule has 1 atom stereocenters. The van der Waals surface area contributed by atoms with Crippen LogP contribution >= 0.6 is 22.6 Å². The third-order valence-corrected chi connectivity index (χ3v) is 2.54. The number of amides is 1. The minimum Gasteiger partial charge on any atom is -0.481 e. The number of aliphatic carboxylic acids is 2. The number of hydrogen-bond donors (Lipinski definition) is 3. The first-order valence-electron chi connectivity index (χ1n) is 4.76. The second-order valence-corrected chi connectivity index (χ2v) is 4.60. The molecule has 1 aromatic rings. The molecule has 96 valence electrons. The first kappa shape index (κ1) is 14.4. The summed E-state index contributed by atoms with van der Waals surface area (Å²) in [6.45, 7) is 0. The highest BCUT2D eigenvalue weighted by molar-refractivity contribution is 14.1. The summed E-state index contributed by atoms with van der Waals surface area (Å²) in [5, 5.41) is 19.4. The topological polar surface area (TPSA) is 117 Å². The van der Waals surface area contributed by atoms with Gasteiger partial charge in [0.05, 0.1) is 12.0 Å². The lowest BCUT2D eigenvalue weighted by atomic mass is 10.2. The Labute approximate surface area is 115 Å². The van der Waals surface area contributed by atoms with Gasteiger partial charge in [-0.15, -0.1) is 0 Å². The van der Waals surface area contributed by atoms with Crippen LogP contribution in [0.3, 0.4) is 0 Å². The number of carboxylic acid groups (broad SMARTS) is 2. The van der Waals surface area contributed by atoms with E-state index >= 15 is 0 Å². The van der Waals surface area contributed by atoms with E-state index in [1.807, 2.05) is 22.6 Å². The van der Waals surface area contributed by atoms with E-state index in [4.69, 9.17) is 10.2 Å². The fourth-order valence-corrected chi connectivity index (χ4v) is 1.65.